The lowest BCUT2D eigenvalue weighted by Gasteiger charge is -2.23. The van der Waals surface area contributed by atoms with E-state index in [-0.39, 0.29) is 18.4 Å². The summed E-state index contributed by atoms with van der Waals surface area (Å²) < 4.78 is 1.53. The molecule has 0 spiro atoms. The minimum absolute atomic E-state index is 0.0661. The number of nitrogens with one attached hydrogen (secondary N) is 1. The molecule has 1 saturated heterocycles. The van der Waals surface area contributed by atoms with Gasteiger partial charge in [-0.05, 0) is 34.9 Å². The van der Waals surface area contributed by atoms with Gasteiger partial charge in [0.15, 0.2) is 0 Å². The molecular weight excluding hydrogens is 336 g/mol. The summed E-state index contributed by atoms with van der Waals surface area (Å²) in [6.45, 7) is 4.42. The van der Waals surface area contributed by atoms with Gasteiger partial charge in [0, 0.05) is 13.1 Å². The van der Waals surface area contributed by atoms with Crippen LogP contribution in [0.25, 0.3) is 5.69 Å². The molecule has 1 aliphatic rings. The number of carbonyl (C=O) groups is 2. The molecule has 138 valence electrons. The minimum Gasteiger partial charge on any atom is -0.481 e. The van der Waals surface area contributed by atoms with Crippen molar-refractivity contribution in [2.75, 3.05) is 18.4 Å². The van der Waals surface area contributed by atoms with Crippen molar-refractivity contribution in [1.82, 2.24) is 25.1 Å². The number of hydrogen-bond acceptors (Lipinski definition) is 6. The summed E-state index contributed by atoms with van der Waals surface area (Å²) in [4.78, 5) is 25.8. The Morgan fingerprint density at radius 3 is 2.65 bits per heavy atom. The first-order valence-corrected chi connectivity index (χ1v) is 8.63. The number of anilines is 1. The Balaban J connectivity index is 1.74. The second-order valence-electron chi connectivity index (χ2n) is 6.52. The molecule has 1 aromatic heterocycles. The van der Waals surface area contributed by atoms with Crippen molar-refractivity contribution in [1.29, 1.82) is 0 Å². The van der Waals surface area contributed by atoms with Crippen LogP contribution in [0.2, 0.25) is 0 Å². The fourth-order valence-electron chi connectivity index (χ4n) is 3.20. The van der Waals surface area contributed by atoms with Gasteiger partial charge >= 0.3 is 5.97 Å². The van der Waals surface area contributed by atoms with Gasteiger partial charge in [-0.15, -0.1) is 0 Å². The van der Waals surface area contributed by atoms with E-state index in [0.29, 0.717) is 18.9 Å². The standard InChI is InChI=1S/C17H22N6O3/c1-3-14(15(24)22-9-11(2)13(10-22)16(25)26)18-17-19-20-21-23(17)12-7-5-4-6-8-12/h4-8,11,13-14H,3,9-10H2,1-2H3,(H,25,26)(H,18,19,21)/t11-,13-,14?/m1/s1. The van der Waals surface area contributed by atoms with E-state index in [9.17, 15) is 14.7 Å². The smallest absolute Gasteiger partial charge is 0.308 e. The number of rotatable bonds is 6. The van der Waals surface area contributed by atoms with Gasteiger partial charge in [0.2, 0.25) is 11.9 Å². The van der Waals surface area contributed by atoms with E-state index in [4.69, 9.17) is 0 Å². The molecule has 1 unspecified atom stereocenters. The van der Waals surface area contributed by atoms with Crippen LogP contribution in [0.1, 0.15) is 20.3 Å². The van der Waals surface area contributed by atoms with Crippen LogP contribution in [0, 0.1) is 11.8 Å². The molecule has 2 aromatic rings. The van der Waals surface area contributed by atoms with Crippen molar-refractivity contribution in [2.24, 2.45) is 11.8 Å². The molecule has 1 aliphatic heterocycles. The van der Waals surface area contributed by atoms with Gasteiger partial charge in [0.25, 0.3) is 0 Å². The fourth-order valence-corrected chi connectivity index (χ4v) is 3.20. The maximum Gasteiger partial charge on any atom is 0.308 e. The van der Waals surface area contributed by atoms with Crippen LogP contribution in [0.3, 0.4) is 0 Å². The molecule has 0 radical (unpaired) electrons. The van der Waals surface area contributed by atoms with Gasteiger partial charge in [0.1, 0.15) is 6.04 Å². The second-order valence-corrected chi connectivity index (χ2v) is 6.52. The highest BCUT2D eigenvalue weighted by Gasteiger charge is 2.38. The van der Waals surface area contributed by atoms with Gasteiger partial charge < -0.3 is 15.3 Å². The van der Waals surface area contributed by atoms with Crippen LogP contribution < -0.4 is 5.32 Å². The summed E-state index contributed by atoms with van der Waals surface area (Å²) in [5.74, 6) is -1.21. The number of carboxylic acid groups (broad SMARTS) is 1. The molecule has 3 atom stereocenters. The minimum atomic E-state index is -0.859. The maximum absolute atomic E-state index is 12.9. The largest absolute Gasteiger partial charge is 0.481 e. The average molecular weight is 358 g/mol. The molecule has 0 saturated carbocycles. The number of carboxylic acids is 1. The molecule has 26 heavy (non-hydrogen) atoms. The average Bonchev–Trinajstić information content (AvgIpc) is 3.26. The summed E-state index contributed by atoms with van der Waals surface area (Å²) in [6, 6.07) is 8.85. The number of hydrogen-bond donors (Lipinski definition) is 2. The van der Waals surface area contributed by atoms with Gasteiger partial charge in [-0.25, -0.2) is 0 Å². The zero-order chi connectivity index (χ0) is 18.7. The third-order valence-corrected chi connectivity index (χ3v) is 4.72. The molecule has 2 heterocycles. The molecule has 9 nitrogen and oxygen atoms in total. The van der Waals surface area contributed by atoms with Crippen LogP contribution >= 0.6 is 0 Å². The molecule has 3 rings (SSSR count). The predicted molar refractivity (Wildman–Crippen MR) is 93.7 cm³/mol. The first-order valence-electron chi connectivity index (χ1n) is 8.63. The fraction of sp³-hybridized carbons (Fsp3) is 0.471. The summed E-state index contributed by atoms with van der Waals surface area (Å²) in [6.07, 6.45) is 0.531. The number of amides is 1. The summed E-state index contributed by atoms with van der Waals surface area (Å²) in [5, 5.41) is 24.0. The van der Waals surface area contributed by atoms with Gasteiger partial charge in [0.05, 0.1) is 11.6 Å². The van der Waals surface area contributed by atoms with Gasteiger partial charge in [-0.1, -0.05) is 37.1 Å². The van der Waals surface area contributed by atoms with Crippen LogP contribution in [-0.2, 0) is 9.59 Å². The Kier molecular flexibility index (Phi) is 5.15. The number of para-hydroxylation sites is 1. The van der Waals surface area contributed by atoms with Crippen LogP contribution in [-0.4, -0.2) is 61.2 Å². The zero-order valence-electron chi connectivity index (χ0n) is 14.7. The molecule has 1 amide bonds. The van der Waals surface area contributed by atoms with E-state index in [1.165, 1.54) is 4.68 Å². The molecule has 9 heteroatoms. The Hall–Kier alpha value is -2.97. The summed E-state index contributed by atoms with van der Waals surface area (Å²) in [7, 11) is 0. The number of tetrazole rings is 1. The normalized spacial score (nSPS) is 20.8. The van der Waals surface area contributed by atoms with Gasteiger partial charge in [-0.3, -0.25) is 9.59 Å². The molecule has 0 bridgehead atoms. The van der Waals surface area contributed by atoms with E-state index in [2.05, 4.69) is 20.8 Å². The monoisotopic (exact) mass is 358 g/mol. The number of aliphatic carboxylic acids is 1. The molecule has 1 aromatic carbocycles. The predicted octanol–water partition coefficient (Wildman–Crippen LogP) is 1.03. The third-order valence-electron chi connectivity index (χ3n) is 4.72. The van der Waals surface area contributed by atoms with E-state index >= 15 is 0 Å². The highest BCUT2D eigenvalue weighted by Crippen LogP contribution is 2.24. The quantitative estimate of drug-likeness (QED) is 0.793. The Morgan fingerprint density at radius 2 is 2.04 bits per heavy atom. The second kappa shape index (κ2) is 7.51. The van der Waals surface area contributed by atoms with Crippen LogP contribution in [0.15, 0.2) is 30.3 Å². The molecule has 2 N–H and O–H groups in total. The zero-order valence-corrected chi connectivity index (χ0v) is 14.7. The third kappa shape index (κ3) is 3.51. The SMILES string of the molecule is CCC(Nc1nnnn1-c1ccccc1)C(=O)N1C[C@@H](C)[C@H](C(=O)O)C1. The number of benzene rings is 1. The Morgan fingerprint density at radius 1 is 1.31 bits per heavy atom. The lowest BCUT2D eigenvalue weighted by atomic mass is 9.99. The topological polar surface area (TPSA) is 113 Å². The molecular formula is C17H22N6O3. The van der Waals surface area contributed by atoms with Crippen molar-refractivity contribution in [3.8, 4) is 5.69 Å². The Labute approximate surface area is 151 Å². The van der Waals surface area contributed by atoms with Gasteiger partial charge in [-0.2, -0.15) is 4.68 Å². The first kappa shape index (κ1) is 17.8. The van der Waals surface area contributed by atoms with E-state index in [1.54, 1.807) is 4.90 Å². The molecule has 1 fully saturated rings. The highest BCUT2D eigenvalue weighted by molar-refractivity contribution is 5.85. The van der Waals surface area contributed by atoms with E-state index < -0.39 is 17.9 Å². The van der Waals surface area contributed by atoms with Crippen molar-refractivity contribution in [3.63, 3.8) is 0 Å². The molecule has 0 aliphatic carbocycles. The van der Waals surface area contributed by atoms with Crippen LogP contribution in [0.4, 0.5) is 5.95 Å². The number of aromatic nitrogens is 4. The van der Waals surface area contributed by atoms with Crippen molar-refractivity contribution in [2.45, 2.75) is 26.3 Å². The summed E-state index contributed by atoms with van der Waals surface area (Å²) in [5.41, 5.74) is 0.781. The summed E-state index contributed by atoms with van der Waals surface area (Å²) >= 11 is 0. The lowest BCUT2D eigenvalue weighted by Crippen LogP contribution is -2.42. The Bertz CT molecular complexity index is 778. The number of carbonyl (C=O) groups excluding carboxylic acids is 1. The van der Waals surface area contributed by atoms with Crippen molar-refractivity contribution >= 4 is 17.8 Å². The lowest BCUT2D eigenvalue weighted by molar-refractivity contribution is -0.142. The first-order chi connectivity index (χ1) is 12.5. The van der Waals surface area contributed by atoms with Crippen LogP contribution in [0.5, 0.6) is 0 Å². The van der Waals surface area contributed by atoms with Crippen molar-refractivity contribution in [3.05, 3.63) is 30.3 Å². The van der Waals surface area contributed by atoms with Crippen molar-refractivity contribution < 1.29 is 14.7 Å². The van der Waals surface area contributed by atoms with E-state index in [1.807, 2.05) is 44.2 Å². The number of likely N-dealkylation sites (tertiary alicyclic amines) is 1. The highest BCUT2D eigenvalue weighted by atomic mass is 16.4. The maximum atomic E-state index is 12.9. The van der Waals surface area contributed by atoms with E-state index in [0.717, 1.165) is 5.69 Å². The number of nitrogens with zero attached hydrogens (tertiary/aromatic N) is 5.